The van der Waals surface area contributed by atoms with Gasteiger partial charge in [0.1, 0.15) is 11.5 Å². The normalized spacial score (nSPS) is 12.3. The minimum absolute atomic E-state index is 0.0249. The summed E-state index contributed by atoms with van der Waals surface area (Å²) in [5.74, 6) is 0.746. The lowest BCUT2D eigenvalue weighted by atomic mass is 10.1. The number of ether oxygens (including phenoxy) is 2. The van der Waals surface area contributed by atoms with Crippen molar-refractivity contribution in [1.82, 2.24) is 4.90 Å². The topological polar surface area (TPSA) is 98.9 Å². The Balaban J connectivity index is 2.30. The van der Waals surface area contributed by atoms with Crippen molar-refractivity contribution in [2.75, 3.05) is 21.3 Å². The van der Waals surface area contributed by atoms with Gasteiger partial charge in [-0.05, 0) is 42.8 Å². The van der Waals surface area contributed by atoms with Gasteiger partial charge in [0.2, 0.25) is 10.0 Å². The number of nitrogens with two attached hydrogens (primary N) is 1. The van der Waals surface area contributed by atoms with Crippen molar-refractivity contribution in [2.24, 2.45) is 5.14 Å². The van der Waals surface area contributed by atoms with E-state index in [0.29, 0.717) is 17.1 Å². The highest BCUT2D eigenvalue weighted by atomic mass is 32.2. The summed E-state index contributed by atoms with van der Waals surface area (Å²) in [5, 5.41) is 5.11. The number of amides is 1. The molecule has 1 unspecified atom stereocenters. The van der Waals surface area contributed by atoms with Crippen LogP contribution in [0.15, 0.2) is 47.4 Å². The number of nitrogens with zero attached hydrogens (tertiary/aromatic N) is 1. The summed E-state index contributed by atoms with van der Waals surface area (Å²) in [6.07, 6.45) is 0. The molecule has 0 aliphatic rings. The van der Waals surface area contributed by atoms with Crippen LogP contribution in [-0.4, -0.2) is 40.5 Å². The molecule has 0 aliphatic heterocycles. The van der Waals surface area contributed by atoms with Crippen LogP contribution < -0.4 is 14.6 Å². The second-order valence-electron chi connectivity index (χ2n) is 5.77. The molecule has 2 aromatic carbocycles. The highest BCUT2D eigenvalue weighted by molar-refractivity contribution is 7.89. The van der Waals surface area contributed by atoms with Crippen LogP contribution >= 0.6 is 0 Å². The lowest BCUT2D eigenvalue weighted by Gasteiger charge is -2.26. The van der Waals surface area contributed by atoms with Crippen LogP contribution in [-0.2, 0) is 10.0 Å². The van der Waals surface area contributed by atoms with Crippen LogP contribution in [0.5, 0.6) is 11.5 Å². The molecule has 1 amide bonds. The molecule has 26 heavy (non-hydrogen) atoms. The quantitative estimate of drug-likeness (QED) is 0.831. The van der Waals surface area contributed by atoms with E-state index in [0.717, 1.165) is 5.56 Å². The Morgan fingerprint density at radius 2 is 1.69 bits per heavy atom. The van der Waals surface area contributed by atoms with Crippen LogP contribution in [0.4, 0.5) is 0 Å². The highest BCUT2D eigenvalue weighted by Gasteiger charge is 2.23. The SMILES string of the molecule is COc1ccc(OC)c(C(=O)N(C)C(C)c2ccc(S(N)(=O)=O)cc2)c1. The molecule has 2 N–H and O–H groups in total. The zero-order valence-corrected chi connectivity index (χ0v) is 15.9. The second kappa shape index (κ2) is 7.76. The van der Waals surface area contributed by atoms with Crippen LogP contribution in [0.3, 0.4) is 0 Å². The smallest absolute Gasteiger partial charge is 0.258 e. The van der Waals surface area contributed by atoms with Crippen molar-refractivity contribution in [2.45, 2.75) is 17.9 Å². The number of hydrogen-bond donors (Lipinski definition) is 1. The van der Waals surface area contributed by atoms with Gasteiger partial charge < -0.3 is 14.4 Å². The average molecular weight is 378 g/mol. The van der Waals surface area contributed by atoms with Gasteiger partial charge in [-0.3, -0.25) is 4.79 Å². The number of rotatable bonds is 6. The molecule has 0 bridgehead atoms. The van der Waals surface area contributed by atoms with Crippen molar-refractivity contribution < 1.29 is 22.7 Å². The third kappa shape index (κ3) is 4.14. The largest absolute Gasteiger partial charge is 0.497 e. The van der Waals surface area contributed by atoms with Gasteiger partial charge in [0, 0.05) is 7.05 Å². The number of primary sulfonamides is 1. The molecule has 0 aromatic heterocycles. The Bertz CT molecular complexity index is 894. The molecular formula is C18H22N2O5S. The van der Waals surface area contributed by atoms with Crippen LogP contribution in [0.1, 0.15) is 28.9 Å². The Morgan fingerprint density at radius 3 is 2.19 bits per heavy atom. The Labute approximate surface area is 153 Å². The van der Waals surface area contributed by atoms with Gasteiger partial charge in [-0.25, -0.2) is 13.6 Å². The fourth-order valence-electron chi connectivity index (χ4n) is 2.51. The van der Waals surface area contributed by atoms with Gasteiger partial charge in [-0.2, -0.15) is 0 Å². The minimum atomic E-state index is -3.75. The zero-order chi connectivity index (χ0) is 19.5. The summed E-state index contributed by atoms with van der Waals surface area (Å²) in [5.41, 5.74) is 1.15. The molecule has 7 nitrogen and oxygen atoms in total. The number of methoxy groups -OCH3 is 2. The molecule has 0 saturated carbocycles. The molecule has 2 aromatic rings. The van der Waals surface area contributed by atoms with E-state index >= 15 is 0 Å². The van der Waals surface area contributed by atoms with Gasteiger partial charge in [-0.15, -0.1) is 0 Å². The van der Waals surface area contributed by atoms with Gasteiger partial charge in [0.25, 0.3) is 5.91 Å². The molecule has 2 rings (SSSR count). The van der Waals surface area contributed by atoms with Gasteiger partial charge in [0.15, 0.2) is 0 Å². The number of carbonyl (C=O) groups is 1. The first kappa shape index (κ1) is 19.7. The lowest BCUT2D eigenvalue weighted by Crippen LogP contribution is -2.30. The fourth-order valence-corrected chi connectivity index (χ4v) is 3.02. The lowest BCUT2D eigenvalue weighted by molar-refractivity contribution is 0.0738. The van der Waals surface area contributed by atoms with Crippen molar-refractivity contribution >= 4 is 15.9 Å². The zero-order valence-electron chi connectivity index (χ0n) is 15.1. The van der Waals surface area contributed by atoms with E-state index in [1.807, 2.05) is 6.92 Å². The van der Waals surface area contributed by atoms with E-state index in [-0.39, 0.29) is 16.8 Å². The second-order valence-corrected chi connectivity index (χ2v) is 7.33. The predicted octanol–water partition coefficient (Wildman–Crippen LogP) is 2.18. The molecule has 0 spiro atoms. The molecule has 0 saturated heterocycles. The minimum Gasteiger partial charge on any atom is -0.497 e. The molecule has 8 heteroatoms. The van der Waals surface area contributed by atoms with Crippen molar-refractivity contribution in [3.63, 3.8) is 0 Å². The molecular weight excluding hydrogens is 356 g/mol. The Hall–Kier alpha value is -2.58. The molecule has 1 atom stereocenters. The summed E-state index contributed by atoms with van der Waals surface area (Å²) in [4.78, 5) is 14.5. The molecule has 140 valence electrons. The molecule has 0 fully saturated rings. The standard InChI is InChI=1S/C18H22N2O5S/c1-12(13-5-8-15(9-6-13)26(19,22)23)20(2)18(21)16-11-14(24-3)7-10-17(16)25-4/h5-12H,1-4H3,(H2,19,22,23). The first-order chi connectivity index (χ1) is 12.2. The Morgan fingerprint density at radius 1 is 1.08 bits per heavy atom. The van der Waals surface area contributed by atoms with E-state index in [4.69, 9.17) is 14.6 Å². The van der Waals surface area contributed by atoms with E-state index in [2.05, 4.69) is 0 Å². The highest BCUT2D eigenvalue weighted by Crippen LogP contribution is 2.28. The Kier molecular flexibility index (Phi) is 5.89. The van der Waals surface area contributed by atoms with Crippen LogP contribution in [0.25, 0.3) is 0 Å². The summed E-state index contributed by atoms with van der Waals surface area (Å²) in [6.45, 7) is 1.84. The number of carbonyl (C=O) groups excluding carboxylic acids is 1. The van der Waals surface area contributed by atoms with E-state index < -0.39 is 10.0 Å². The summed E-state index contributed by atoms with van der Waals surface area (Å²) in [7, 11) is 0.931. The van der Waals surface area contributed by atoms with Crippen molar-refractivity contribution in [3.05, 3.63) is 53.6 Å². The van der Waals surface area contributed by atoms with E-state index in [1.165, 1.54) is 26.4 Å². The van der Waals surface area contributed by atoms with Crippen LogP contribution in [0, 0.1) is 0 Å². The van der Waals surface area contributed by atoms with Crippen molar-refractivity contribution in [3.8, 4) is 11.5 Å². The third-order valence-electron chi connectivity index (χ3n) is 4.23. The van der Waals surface area contributed by atoms with Gasteiger partial charge in [0.05, 0.1) is 30.7 Å². The third-order valence-corrected chi connectivity index (χ3v) is 5.16. The first-order valence-electron chi connectivity index (χ1n) is 7.81. The maximum atomic E-state index is 12.9. The maximum absolute atomic E-state index is 12.9. The number of hydrogen-bond acceptors (Lipinski definition) is 5. The average Bonchev–Trinajstić information content (AvgIpc) is 2.65. The van der Waals surface area contributed by atoms with Crippen molar-refractivity contribution in [1.29, 1.82) is 0 Å². The first-order valence-corrected chi connectivity index (χ1v) is 9.35. The van der Waals surface area contributed by atoms with Crippen LogP contribution in [0.2, 0.25) is 0 Å². The molecule has 0 radical (unpaired) electrons. The molecule has 0 heterocycles. The fraction of sp³-hybridized carbons (Fsp3) is 0.278. The van der Waals surface area contributed by atoms with Gasteiger partial charge in [-0.1, -0.05) is 12.1 Å². The number of benzene rings is 2. The molecule has 0 aliphatic carbocycles. The summed E-state index contributed by atoms with van der Waals surface area (Å²) in [6, 6.07) is 10.8. The monoisotopic (exact) mass is 378 g/mol. The maximum Gasteiger partial charge on any atom is 0.258 e. The van der Waals surface area contributed by atoms with E-state index in [9.17, 15) is 13.2 Å². The van der Waals surface area contributed by atoms with E-state index in [1.54, 1.807) is 42.3 Å². The van der Waals surface area contributed by atoms with Gasteiger partial charge >= 0.3 is 0 Å². The summed E-state index contributed by atoms with van der Waals surface area (Å²) < 4.78 is 33.2. The predicted molar refractivity (Wildman–Crippen MR) is 97.9 cm³/mol. The summed E-state index contributed by atoms with van der Waals surface area (Å²) >= 11 is 0. The number of sulfonamides is 1.